The first-order valence-corrected chi connectivity index (χ1v) is 5.10. The largest absolute Gasteiger partial charge is 0.496 e. The molecular formula is C13H12O4. The minimum Gasteiger partial charge on any atom is -0.496 e. The van der Waals surface area contributed by atoms with Crippen LogP contribution >= 0.6 is 0 Å². The van der Waals surface area contributed by atoms with Crippen LogP contribution in [-0.2, 0) is 6.61 Å². The van der Waals surface area contributed by atoms with Gasteiger partial charge in [0.2, 0.25) is 0 Å². The summed E-state index contributed by atoms with van der Waals surface area (Å²) in [6, 6.07) is 8.39. The maximum absolute atomic E-state index is 10.9. The number of methoxy groups -OCH3 is 1. The number of carboxylic acids is 1. The zero-order valence-corrected chi connectivity index (χ0v) is 9.30. The molecule has 2 aromatic rings. The van der Waals surface area contributed by atoms with Crippen LogP contribution in [0.25, 0.3) is 10.8 Å². The molecule has 4 nitrogen and oxygen atoms in total. The SMILES string of the molecule is COc1cc(C(=O)O)cc2ccc(CO)cc12. The van der Waals surface area contributed by atoms with Gasteiger partial charge >= 0.3 is 5.97 Å². The topological polar surface area (TPSA) is 66.8 Å². The number of hydrogen-bond donors (Lipinski definition) is 2. The van der Waals surface area contributed by atoms with Gasteiger partial charge in [0.1, 0.15) is 5.75 Å². The maximum atomic E-state index is 10.9. The molecule has 2 aromatic carbocycles. The summed E-state index contributed by atoms with van der Waals surface area (Å²) < 4.78 is 5.17. The number of aliphatic hydroxyl groups is 1. The van der Waals surface area contributed by atoms with Crippen molar-refractivity contribution < 1.29 is 19.7 Å². The van der Waals surface area contributed by atoms with E-state index >= 15 is 0 Å². The standard InChI is InChI=1S/C13H12O4/c1-17-12-6-10(13(15)16)5-9-3-2-8(7-14)4-11(9)12/h2-6,14H,7H2,1H3,(H,15,16). The van der Waals surface area contributed by atoms with Gasteiger partial charge in [-0.15, -0.1) is 0 Å². The zero-order valence-electron chi connectivity index (χ0n) is 9.30. The summed E-state index contributed by atoms with van der Waals surface area (Å²) in [6.45, 7) is -0.0558. The molecule has 0 aliphatic heterocycles. The lowest BCUT2D eigenvalue weighted by Crippen LogP contribution is -1.98. The van der Waals surface area contributed by atoms with E-state index in [0.29, 0.717) is 5.75 Å². The van der Waals surface area contributed by atoms with Crippen molar-refractivity contribution in [2.24, 2.45) is 0 Å². The Kier molecular flexibility index (Phi) is 2.97. The molecule has 0 spiro atoms. The van der Waals surface area contributed by atoms with Gasteiger partial charge in [0, 0.05) is 5.39 Å². The molecule has 2 rings (SSSR count). The molecule has 0 atom stereocenters. The van der Waals surface area contributed by atoms with Crippen LogP contribution in [0.2, 0.25) is 0 Å². The second kappa shape index (κ2) is 4.43. The van der Waals surface area contributed by atoms with E-state index in [1.807, 2.05) is 0 Å². The summed E-state index contributed by atoms with van der Waals surface area (Å²) in [4.78, 5) is 10.9. The van der Waals surface area contributed by atoms with Gasteiger partial charge in [-0.2, -0.15) is 0 Å². The van der Waals surface area contributed by atoms with Crippen LogP contribution in [0.4, 0.5) is 0 Å². The highest BCUT2D eigenvalue weighted by Gasteiger charge is 2.09. The fourth-order valence-electron chi connectivity index (χ4n) is 1.76. The molecule has 88 valence electrons. The molecule has 17 heavy (non-hydrogen) atoms. The third-order valence-electron chi connectivity index (χ3n) is 2.63. The number of ether oxygens (including phenoxy) is 1. The minimum absolute atomic E-state index is 0.0558. The van der Waals surface area contributed by atoms with Crippen LogP contribution in [-0.4, -0.2) is 23.3 Å². The number of carbonyl (C=O) groups is 1. The predicted octanol–water partition coefficient (Wildman–Crippen LogP) is 2.04. The van der Waals surface area contributed by atoms with Crippen molar-refractivity contribution in [1.29, 1.82) is 0 Å². The third kappa shape index (κ3) is 2.07. The Bertz CT molecular complexity index is 575. The molecule has 0 unspecified atom stereocenters. The van der Waals surface area contributed by atoms with Gasteiger partial charge in [-0.3, -0.25) is 0 Å². The van der Waals surface area contributed by atoms with Gasteiger partial charge < -0.3 is 14.9 Å². The summed E-state index contributed by atoms with van der Waals surface area (Å²) in [5, 5.41) is 19.6. The Hall–Kier alpha value is -2.07. The van der Waals surface area contributed by atoms with Crippen molar-refractivity contribution in [2.75, 3.05) is 7.11 Å². The van der Waals surface area contributed by atoms with Crippen molar-refractivity contribution in [3.63, 3.8) is 0 Å². The highest BCUT2D eigenvalue weighted by atomic mass is 16.5. The van der Waals surface area contributed by atoms with E-state index in [-0.39, 0.29) is 12.2 Å². The van der Waals surface area contributed by atoms with Gasteiger partial charge in [0.05, 0.1) is 19.3 Å². The molecule has 0 aromatic heterocycles. The molecule has 0 radical (unpaired) electrons. The summed E-state index contributed by atoms with van der Waals surface area (Å²) >= 11 is 0. The first kappa shape index (κ1) is 11.4. The lowest BCUT2D eigenvalue weighted by Gasteiger charge is -2.08. The Balaban J connectivity index is 2.72. The number of benzene rings is 2. The van der Waals surface area contributed by atoms with Crippen LogP contribution in [0.1, 0.15) is 15.9 Å². The number of fused-ring (bicyclic) bond motifs is 1. The van der Waals surface area contributed by atoms with Gasteiger partial charge in [0.25, 0.3) is 0 Å². The average molecular weight is 232 g/mol. The van der Waals surface area contributed by atoms with Gasteiger partial charge in [-0.1, -0.05) is 12.1 Å². The van der Waals surface area contributed by atoms with Gasteiger partial charge in [-0.05, 0) is 29.1 Å². The summed E-state index contributed by atoms with van der Waals surface area (Å²) in [5.74, 6) is -0.494. The number of hydrogen-bond acceptors (Lipinski definition) is 3. The van der Waals surface area contributed by atoms with Gasteiger partial charge in [0.15, 0.2) is 0 Å². The van der Waals surface area contributed by atoms with Crippen LogP contribution in [0.3, 0.4) is 0 Å². The van der Waals surface area contributed by atoms with Crippen molar-refractivity contribution >= 4 is 16.7 Å². The molecular weight excluding hydrogens is 220 g/mol. The summed E-state index contributed by atoms with van der Waals surface area (Å²) in [7, 11) is 1.49. The van der Waals surface area contributed by atoms with Crippen LogP contribution < -0.4 is 4.74 Å². The Morgan fingerprint density at radius 2 is 2.06 bits per heavy atom. The first-order valence-electron chi connectivity index (χ1n) is 5.10. The highest BCUT2D eigenvalue weighted by Crippen LogP contribution is 2.28. The highest BCUT2D eigenvalue weighted by molar-refractivity contribution is 5.97. The number of carboxylic acid groups (broad SMARTS) is 1. The van der Waals surface area contributed by atoms with E-state index < -0.39 is 5.97 Å². The molecule has 0 amide bonds. The predicted molar refractivity (Wildman–Crippen MR) is 63.4 cm³/mol. The average Bonchev–Trinajstić information content (AvgIpc) is 2.36. The van der Waals surface area contributed by atoms with E-state index in [2.05, 4.69) is 0 Å². The lowest BCUT2D eigenvalue weighted by molar-refractivity contribution is 0.0696. The normalized spacial score (nSPS) is 10.5. The zero-order chi connectivity index (χ0) is 12.4. The van der Waals surface area contributed by atoms with E-state index in [0.717, 1.165) is 16.3 Å². The van der Waals surface area contributed by atoms with Crippen molar-refractivity contribution in [3.05, 3.63) is 41.5 Å². The Morgan fingerprint density at radius 1 is 1.29 bits per heavy atom. The van der Waals surface area contributed by atoms with E-state index in [9.17, 15) is 4.79 Å². The molecule has 0 saturated carbocycles. The van der Waals surface area contributed by atoms with E-state index in [1.54, 1.807) is 24.3 Å². The molecule has 0 bridgehead atoms. The van der Waals surface area contributed by atoms with Crippen LogP contribution in [0.15, 0.2) is 30.3 Å². The number of aromatic carboxylic acids is 1. The minimum atomic E-state index is -0.989. The number of rotatable bonds is 3. The van der Waals surface area contributed by atoms with Crippen LogP contribution in [0, 0.1) is 0 Å². The molecule has 0 heterocycles. The van der Waals surface area contributed by atoms with E-state index in [4.69, 9.17) is 14.9 Å². The molecule has 4 heteroatoms. The van der Waals surface area contributed by atoms with Crippen molar-refractivity contribution in [2.45, 2.75) is 6.61 Å². The molecule has 2 N–H and O–H groups in total. The number of aliphatic hydroxyl groups excluding tert-OH is 1. The van der Waals surface area contributed by atoms with Gasteiger partial charge in [-0.25, -0.2) is 4.79 Å². The lowest BCUT2D eigenvalue weighted by atomic mass is 10.0. The third-order valence-corrected chi connectivity index (χ3v) is 2.63. The fraction of sp³-hybridized carbons (Fsp3) is 0.154. The molecule has 0 aliphatic rings. The Labute approximate surface area is 98.1 Å². The van der Waals surface area contributed by atoms with Crippen molar-refractivity contribution in [1.82, 2.24) is 0 Å². The van der Waals surface area contributed by atoms with E-state index in [1.165, 1.54) is 13.2 Å². The van der Waals surface area contributed by atoms with Crippen LogP contribution in [0.5, 0.6) is 5.75 Å². The maximum Gasteiger partial charge on any atom is 0.335 e. The second-order valence-electron chi connectivity index (χ2n) is 3.70. The first-order chi connectivity index (χ1) is 8.15. The quantitative estimate of drug-likeness (QED) is 0.849. The smallest absolute Gasteiger partial charge is 0.335 e. The molecule has 0 saturated heterocycles. The molecule has 0 fully saturated rings. The Morgan fingerprint density at radius 3 is 2.65 bits per heavy atom. The summed E-state index contributed by atoms with van der Waals surface area (Å²) in [6.07, 6.45) is 0. The van der Waals surface area contributed by atoms with Crippen molar-refractivity contribution in [3.8, 4) is 5.75 Å². The molecule has 0 aliphatic carbocycles. The summed E-state index contributed by atoms with van der Waals surface area (Å²) in [5.41, 5.74) is 0.949. The monoisotopic (exact) mass is 232 g/mol. The fourth-order valence-corrected chi connectivity index (χ4v) is 1.76. The second-order valence-corrected chi connectivity index (χ2v) is 3.70.